The molecule has 0 amide bonds. The lowest BCUT2D eigenvalue weighted by atomic mass is 9.91. The van der Waals surface area contributed by atoms with Gasteiger partial charge in [0.05, 0.1) is 23.4 Å². The van der Waals surface area contributed by atoms with Crippen LogP contribution in [0.5, 0.6) is 0 Å². The molecule has 0 saturated heterocycles. The van der Waals surface area contributed by atoms with Crippen molar-refractivity contribution >= 4 is 24.1 Å². The van der Waals surface area contributed by atoms with Gasteiger partial charge in [0, 0.05) is 31.0 Å². The highest BCUT2D eigenvalue weighted by Crippen LogP contribution is 2.34. The first-order valence-electron chi connectivity index (χ1n) is 11.3. The second-order valence-electron chi connectivity index (χ2n) is 8.55. The fourth-order valence-electron chi connectivity index (χ4n) is 4.16. The topological polar surface area (TPSA) is 101 Å². The van der Waals surface area contributed by atoms with Gasteiger partial charge in [-0.3, -0.25) is 9.78 Å². The Balaban J connectivity index is 0.00000361. The monoisotopic (exact) mass is 528 g/mol. The molecule has 2 aromatic heterocycles. The van der Waals surface area contributed by atoms with Crippen LogP contribution in [-0.2, 0) is 36.7 Å². The van der Waals surface area contributed by atoms with Gasteiger partial charge in [-0.15, -0.1) is 12.4 Å². The maximum Gasteiger partial charge on any atom is 0.416 e. The lowest BCUT2D eigenvalue weighted by Gasteiger charge is -2.17. The largest absolute Gasteiger partial charge is 0.481 e. The number of pyridine rings is 1. The van der Waals surface area contributed by atoms with Gasteiger partial charge in [-0.2, -0.15) is 18.2 Å². The van der Waals surface area contributed by atoms with Crippen molar-refractivity contribution in [1.82, 2.24) is 15.1 Å². The van der Waals surface area contributed by atoms with E-state index in [4.69, 9.17) is 4.52 Å². The van der Waals surface area contributed by atoms with Crippen molar-refractivity contribution < 1.29 is 32.0 Å². The number of fused-ring (bicyclic) bond motifs is 1. The third-order valence-corrected chi connectivity index (χ3v) is 5.84. The Labute approximate surface area is 210 Å². The summed E-state index contributed by atoms with van der Waals surface area (Å²) in [5, 5.41) is 16.5. The third kappa shape index (κ3) is 7.16. The molecule has 3 heterocycles. The number of carboxylic acid groups (broad SMARTS) is 1. The standard InChI is InChI=1S/C24H24F4N4O3.ClH/c25-17-10-14(9-16(13-17)24(26,27)28)15(12-23(33)34)11-22-31-21(32-35-22)5-1-3-18-6-7-19-20(30-18)4-2-8-29-19;/h6-7,9-10,13,15,29H,1-5,8,11-12H2,(H,33,34);1H. The zero-order chi connectivity index (χ0) is 25.0. The number of aryl methyl sites for hydroxylation is 3. The van der Waals surface area contributed by atoms with Crippen LogP contribution in [0.4, 0.5) is 23.2 Å². The van der Waals surface area contributed by atoms with E-state index < -0.39 is 35.9 Å². The number of anilines is 1. The molecule has 1 aliphatic rings. The zero-order valence-electron chi connectivity index (χ0n) is 19.1. The lowest BCUT2D eigenvalue weighted by Crippen LogP contribution is -2.13. The summed E-state index contributed by atoms with van der Waals surface area (Å²) in [7, 11) is 0. The van der Waals surface area contributed by atoms with Crippen molar-refractivity contribution in [2.24, 2.45) is 0 Å². The molecule has 36 heavy (non-hydrogen) atoms. The molecule has 1 unspecified atom stereocenters. The van der Waals surface area contributed by atoms with Crippen molar-refractivity contribution in [1.29, 1.82) is 0 Å². The predicted molar refractivity (Wildman–Crippen MR) is 125 cm³/mol. The van der Waals surface area contributed by atoms with Crippen LogP contribution in [-0.4, -0.2) is 32.7 Å². The van der Waals surface area contributed by atoms with Gasteiger partial charge in [0.1, 0.15) is 5.82 Å². The number of rotatable bonds is 9. The number of hydrogen-bond donors (Lipinski definition) is 2. The molecule has 0 bridgehead atoms. The van der Waals surface area contributed by atoms with Gasteiger partial charge in [-0.1, -0.05) is 5.16 Å². The van der Waals surface area contributed by atoms with E-state index in [9.17, 15) is 27.5 Å². The summed E-state index contributed by atoms with van der Waals surface area (Å²) in [6, 6.07) is 6.04. The Bertz CT molecular complexity index is 1200. The number of hydrogen-bond acceptors (Lipinski definition) is 6. The summed E-state index contributed by atoms with van der Waals surface area (Å²) < 4.78 is 58.4. The van der Waals surface area contributed by atoms with Crippen molar-refractivity contribution in [2.75, 3.05) is 11.9 Å². The van der Waals surface area contributed by atoms with Crippen molar-refractivity contribution in [3.63, 3.8) is 0 Å². The Hall–Kier alpha value is -3.21. The Morgan fingerprint density at radius 2 is 1.97 bits per heavy atom. The van der Waals surface area contributed by atoms with Crippen LogP contribution < -0.4 is 5.32 Å². The SMILES string of the molecule is Cl.O=C(O)CC(Cc1nc(CCCc2ccc3c(n2)CCCN3)no1)c1cc(F)cc(C(F)(F)F)c1. The summed E-state index contributed by atoms with van der Waals surface area (Å²) >= 11 is 0. The van der Waals surface area contributed by atoms with Crippen LogP contribution in [0.2, 0.25) is 0 Å². The molecule has 1 aromatic carbocycles. The van der Waals surface area contributed by atoms with Gasteiger partial charge in [-0.05, 0) is 61.6 Å². The Kier molecular flexibility index (Phi) is 8.89. The molecule has 1 aliphatic heterocycles. The molecular weight excluding hydrogens is 504 g/mol. The normalized spacial score (nSPS) is 13.9. The second kappa shape index (κ2) is 11.7. The number of halogens is 5. The molecule has 2 N–H and O–H groups in total. The number of benzene rings is 1. The molecule has 7 nitrogen and oxygen atoms in total. The number of aliphatic carboxylic acids is 1. The van der Waals surface area contributed by atoms with E-state index in [2.05, 4.69) is 20.4 Å². The van der Waals surface area contributed by atoms with Crippen LogP contribution in [0.15, 0.2) is 34.9 Å². The smallest absolute Gasteiger partial charge is 0.416 e. The molecular formula is C24H25ClF4N4O3. The van der Waals surface area contributed by atoms with E-state index in [0.717, 1.165) is 48.6 Å². The molecule has 1 atom stereocenters. The van der Waals surface area contributed by atoms with Gasteiger partial charge >= 0.3 is 12.1 Å². The van der Waals surface area contributed by atoms with E-state index >= 15 is 0 Å². The number of carboxylic acids is 1. The minimum absolute atomic E-state index is 0. The van der Waals surface area contributed by atoms with Gasteiger partial charge in [0.15, 0.2) is 5.82 Å². The maximum absolute atomic E-state index is 13.9. The highest BCUT2D eigenvalue weighted by atomic mass is 35.5. The van der Waals surface area contributed by atoms with Gasteiger partial charge in [0.2, 0.25) is 5.89 Å². The number of nitrogens with one attached hydrogen (secondary N) is 1. The second-order valence-corrected chi connectivity index (χ2v) is 8.55. The molecule has 3 aromatic rings. The number of carbonyl (C=O) groups is 1. The highest BCUT2D eigenvalue weighted by molar-refractivity contribution is 5.85. The van der Waals surface area contributed by atoms with Gasteiger partial charge in [0.25, 0.3) is 0 Å². The van der Waals surface area contributed by atoms with Gasteiger partial charge in [-0.25, -0.2) is 4.39 Å². The molecule has 0 radical (unpaired) electrons. The van der Waals surface area contributed by atoms with Crippen molar-refractivity contribution in [3.8, 4) is 0 Å². The average molecular weight is 529 g/mol. The molecule has 0 spiro atoms. The molecule has 0 saturated carbocycles. The first-order valence-corrected chi connectivity index (χ1v) is 11.3. The zero-order valence-corrected chi connectivity index (χ0v) is 20.0. The maximum atomic E-state index is 13.9. The minimum Gasteiger partial charge on any atom is -0.481 e. The van der Waals surface area contributed by atoms with Crippen LogP contribution in [0, 0.1) is 5.82 Å². The summed E-state index contributed by atoms with van der Waals surface area (Å²) in [4.78, 5) is 20.3. The highest BCUT2D eigenvalue weighted by Gasteiger charge is 2.32. The molecule has 0 aliphatic carbocycles. The molecule has 194 valence electrons. The van der Waals surface area contributed by atoms with E-state index in [-0.39, 0.29) is 30.3 Å². The van der Waals surface area contributed by atoms with Crippen LogP contribution in [0.1, 0.15) is 59.4 Å². The molecule has 0 fully saturated rings. The summed E-state index contributed by atoms with van der Waals surface area (Å²) in [6.07, 6.45) is -1.51. The van der Waals surface area contributed by atoms with E-state index in [0.29, 0.717) is 31.2 Å². The molecule has 4 rings (SSSR count). The van der Waals surface area contributed by atoms with Gasteiger partial charge < -0.3 is 14.9 Å². The Morgan fingerprint density at radius 3 is 2.72 bits per heavy atom. The van der Waals surface area contributed by atoms with Crippen molar-refractivity contribution in [2.45, 2.75) is 57.0 Å². The fraction of sp³-hybridized carbons (Fsp3) is 0.417. The quantitative estimate of drug-likeness (QED) is 0.360. The third-order valence-electron chi connectivity index (χ3n) is 5.84. The van der Waals surface area contributed by atoms with Crippen molar-refractivity contribution in [3.05, 3.63) is 70.4 Å². The predicted octanol–water partition coefficient (Wildman–Crippen LogP) is 5.38. The average Bonchev–Trinajstić information content (AvgIpc) is 3.24. The summed E-state index contributed by atoms with van der Waals surface area (Å²) in [6.45, 7) is 0.949. The number of nitrogens with zero attached hydrogens (tertiary/aromatic N) is 3. The van der Waals surface area contributed by atoms with E-state index in [1.54, 1.807) is 0 Å². The summed E-state index contributed by atoms with van der Waals surface area (Å²) in [5.41, 5.74) is 1.82. The Morgan fingerprint density at radius 1 is 1.17 bits per heavy atom. The number of aromatic nitrogens is 3. The van der Waals surface area contributed by atoms with E-state index in [1.807, 2.05) is 12.1 Å². The lowest BCUT2D eigenvalue weighted by molar-refractivity contribution is -0.138. The summed E-state index contributed by atoms with van der Waals surface area (Å²) in [5.74, 6) is -2.81. The minimum atomic E-state index is -4.76. The van der Waals surface area contributed by atoms with Crippen LogP contribution in [0.25, 0.3) is 0 Å². The van der Waals surface area contributed by atoms with Crippen LogP contribution in [0.3, 0.4) is 0 Å². The van der Waals surface area contributed by atoms with Crippen LogP contribution >= 0.6 is 12.4 Å². The first kappa shape index (κ1) is 27.4. The fourth-order valence-corrected chi connectivity index (χ4v) is 4.16. The first-order chi connectivity index (χ1) is 16.7. The van der Waals surface area contributed by atoms with E-state index in [1.165, 1.54) is 0 Å². The number of alkyl halides is 3. The molecule has 12 heteroatoms.